The Bertz CT molecular complexity index is 1210. The Kier molecular flexibility index (Phi) is 7.40. The van der Waals surface area contributed by atoms with E-state index in [9.17, 15) is 8.42 Å². The monoisotopic (exact) mass is 467 g/mol. The molecule has 0 saturated carbocycles. The van der Waals surface area contributed by atoms with E-state index in [0.29, 0.717) is 30.3 Å². The fourth-order valence-electron chi connectivity index (χ4n) is 3.36. The van der Waals surface area contributed by atoms with Gasteiger partial charge < -0.3 is 15.2 Å². The van der Waals surface area contributed by atoms with Crippen LogP contribution in [0.4, 0.5) is 0 Å². The van der Waals surface area contributed by atoms with E-state index in [2.05, 4.69) is 4.72 Å². The molecule has 0 atom stereocenters. The van der Waals surface area contributed by atoms with E-state index in [0.717, 1.165) is 22.9 Å². The highest BCUT2D eigenvalue weighted by Gasteiger charge is 2.24. The topological polar surface area (TPSA) is 115 Å². The molecule has 0 bridgehead atoms. The fourth-order valence-corrected chi connectivity index (χ4v) is 4.41. The zero-order valence-electron chi connectivity index (χ0n) is 19.0. The molecule has 0 amide bonds. The second kappa shape index (κ2) is 10.1. The molecule has 0 heterocycles. The first-order chi connectivity index (χ1) is 15.5. The molecule has 0 aromatic heterocycles. The van der Waals surface area contributed by atoms with Crippen LogP contribution in [0, 0.1) is 5.41 Å². The van der Waals surface area contributed by atoms with Crippen molar-refractivity contribution in [1.82, 2.24) is 4.72 Å². The van der Waals surface area contributed by atoms with Gasteiger partial charge in [-0.1, -0.05) is 30.3 Å². The molecule has 7 nitrogen and oxygen atoms in total. The van der Waals surface area contributed by atoms with E-state index >= 15 is 0 Å². The quantitative estimate of drug-likeness (QED) is 0.309. The molecule has 0 aliphatic heterocycles. The van der Waals surface area contributed by atoms with Crippen LogP contribution in [0.3, 0.4) is 0 Å². The highest BCUT2D eigenvalue weighted by molar-refractivity contribution is 7.88. The Morgan fingerprint density at radius 3 is 1.85 bits per heavy atom. The number of nitrogens with one attached hydrogen (secondary N) is 2. The summed E-state index contributed by atoms with van der Waals surface area (Å²) in [5, 5.41) is 7.44. The molecule has 3 aromatic rings. The minimum atomic E-state index is -3.32. The number of rotatable bonds is 10. The van der Waals surface area contributed by atoms with Gasteiger partial charge in [0, 0.05) is 5.56 Å². The predicted molar refractivity (Wildman–Crippen MR) is 130 cm³/mol. The van der Waals surface area contributed by atoms with Gasteiger partial charge in [0.25, 0.3) is 0 Å². The second-order valence-electron chi connectivity index (χ2n) is 8.36. The molecule has 174 valence electrons. The zero-order valence-corrected chi connectivity index (χ0v) is 19.8. The van der Waals surface area contributed by atoms with Crippen molar-refractivity contribution in [2.45, 2.75) is 32.6 Å². The standard InChI is InChI=1S/C25H29N3O4S/c1-25(2,28-33(3,29)30)21-9-13-23(14-10-21)32-17-19-6-4-5-18(15-19)16-31-22-11-7-20(8-12-22)24(26)27/h4-15,28H,16-17H2,1-3H3,(H3,26,27). The molecule has 33 heavy (non-hydrogen) atoms. The van der Waals surface area contributed by atoms with E-state index < -0.39 is 15.6 Å². The van der Waals surface area contributed by atoms with Crippen LogP contribution in [0.2, 0.25) is 0 Å². The van der Waals surface area contributed by atoms with Gasteiger partial charge in [-0.05, 0) is 73.0 Å². The lowest BCUT2D eigenvalue weighted by Crippen LogP contribution is -2.40. The molecule has 0 aliphatic rings. The first kappa shape index (κ1) is 24.3. The molecule has 0 saturated heterocycles. The van der Waals surface area contributed by atoms with E-state index in [-0.39, 0.29) is 5.84 Å². The summed E-state index contributed by atoms with van der Waals surface area (Å²) < 4.78 is 37.5. The number of nitrogens with two attached hydrogens (primary N) is 1. The van der Waals surface area contributed by atoms with Gasteiger partial charge in [-0.15, -0.1) is 0 Å². The predicted octanol–water partition coefficient (Wildman–Crippen LogP) is 3.91. The average Bonchev–Trinajstić information content (AvgIpc) is 2.75. The Hall–Kier alpha value is -3.36. The Labute approximate surface area is 195 Å². The van der Waals surface area contributed by atoms with Crippen LogP contribution in [-0.2, 0) is 28.8 Å². The van der Waals surface area contributed by atoms with Crippen LogP contribution < -0.4 is 19.9 Å². The molecule has 0 fully saturated rings. The van der Waals surface area contributed by atoms with Crippen LogP contribution >= 0.6 is 0 Å². The lowest BCUT2D eigenvalue weighted by Gasteiger charge is -2.25. The molecule has 8 heteroatoms. The number of hydrogen-bond donors (Lipinski definition) is 3. The van der Waals surface area contributed by atoms with Crippen LogP contribution in [0.25, 0.3) is 0 Å². The first-order valence-electron chi connectivity index (χ1n) is 10.4. The molecule has 3 aromatic carbocycles. The highest BCUT2D eigenvalue weighted by Crippen LogP contribution is 2.24. The van der Waals surface area contributed by atoms with Gasteiger partial charge in [0.2, 0.25) is 10.0 Å². The number of benzene rings is 3. The van der Waals surface area contributed by atoms with Gasteiger partial charge in [-0.3, -0.25) is 5.41 Å². The smallest absolute Gasteiger partial charge is 0.209 e. The zero-order chi connectivity index (χ0) is 24.1. The number of hydrogen-bond acceptors (Lipinski definition) is 5. The number of sulfonamides is 1. The van der Waals surface area contributed by atoms with Gasteiger partial charge in [-0.2, -0.15) is 0 Å². The minimum Gasteiger partial charge on any atom is -0.489 e. The summed E-state index contributed by atoms with van der Waals surface area (Å²) in [7, 11) is -3.32. The van der Waals surface area contributed by atoms with Crippen molar-refractivity contribution in [1.29, 1.82) is 5.41 Å². The van der Waals surface area contributed by atoms with Crippen LogP contribution in [-0.4, -0.2) is 20.5 Å². The van der Waals surface area contributed by atoms with Crippen molar-refractivity contribution in [3.05, 3.63) is 95.1 Å². The second-order valence-corrected chi connectivity index (χ2v) is 10.1. The summed E-state index contributed by atoms with van der Waals surface area (Å²) in [6.07, 6.45) is 1.15. The van der Waals surface area contributed by atoms with Crippen LogP contribution in [0.5, 0.6) is 11.5 Å². The maximum Gasteiger partial charge on any atom is 0.209 e. The summed E-state index contributed by atoms with van der Waals surface area (Å²) in [6, 6.07) is 22.4. The van der Waals surface area contributed by atoms with Crippen LogP contribution in [0.1, 0.15) is 36.1 Å². The SMILES string of the molecule is CC(C)(NS(C)(=O)=O)c1ccc(OCc2cccc(COc3ccc(C(=N)N)cc3)c2)cc1. The molecular weight excluding hydrogens is 438 g/mol. The molecule has 0 unspecified atom stereocenters. The van der Waals surface area contributed by atoms with Crippen molar-refractivity contribution >= 4 is 15.9 Å². The third kappa shape index (κ3) is 7.34. The third-order valence-electron chi connectivity index (χ3n) is 4.98. The minimum absolute atomic E-state index is 0.0261. The summed E-state index contributed by atoms with van der Waals surface area (Å²) >= 11 is 0. The maximum absolute atomic E-state index is 11.6. The van der Waals surface area contributed by atoms with Crippen molar-refractivity contribution in [3.63, 3.8) is 0 Å². The van der Waals surface area contributed by atoms with E-state index in [1.165, 1.54) is 0 Å². The van der Waals surface area contributed by atoms with Gasteiger partial charge in [0.15, 0.2) is 0 Å². The molecule has 3 rings (SSSR count). The lowest BCUT2D eigenvalue weighted by molar-refractivity contribution is 0.299. The summed E-state index contributed by atoms with van der Waals surface area (Å²) in [4.78, 5) is 0. The molecule has 0 aliphatic carbocycles. The van der Waals surface area contributed by atoms with Gasteiger partial charge in [0.05, 0.1) is 11.8 Å². The first-order valence-corrected chi connectivity index (χ1v) is 12.3. The molecule has 0 radical (unpaired) electrons. The Morgan fingerprint density at radius 1 is 0.909 bits per heavy atom. The summed E-state index contributed by atoms with van der Waals surface area (Å²) in [5.41, 5.74) is 8.27. The van der Waals surface area contributed by atoms with Crippen molar-refractivity contribution in [3.8, 4) is 11.5 Å². The van der Waals surface area contributed by atoms with E-state index in [1.54, 1.807) is 24.3 Å². The number of amidine groups is 1. The summed E-state index contributed by atoms with van der Waals surface area (Å²) in [5.74, 6) is 1.43. The fraction of sp³-hybridized carbons (Fsp3) is 0.240. The van der Waals surface area contributed by atoms with Crippen LogP contribution in [0.15, 0.2) is 72.8 Å². The van der Waals surface area contributed by atoms with Gasteiger partial charge in [0.1, 0.15) is 30.5 Å². The Balaban J connectivity index is 1.56. The van der Waals surface area contributed by atoms with Crippen molar-refractivity contribution in [2.24, 2.45) is 5.73 Å². The molecular formula is C25H29N3O4S. The number of nitrogen functional groups attached to an aromatic ring is 1. The molecule has 4 N–H and O–H groups in total. The molecule has 0 spiro atoms. The highest BCUT2D eigenvalue weighted by atomic mass is 32.2. The average molecular weight is 468 g/mol. The van der Waals surface area contributed by atoms with Crippen molar-refractivity contribution in [2.75, 3.05) is 6.26 Å². The normalized spacial score (nSPS) is 11.7. The van der Waals surface area contributed by atoms with E-state index in [1.807, 2.05) is 62.4 Å². The Morgan fingerprint density at radius 2 is 1.39 bits per heavy atom. The summed E-state index contributed by atoms with van der Waals surface area (Å²) in [6.45, 7) is 4.43. The lowest BCUT2D eigenvalue weighted by atomic mass is 9.96. The van der Waals surface area contributed by atoms with Crippen molar-refractivity contribution < 1.29 is 17.9 Å². The van der Waals surface area contributed by atoms with Gasteiger partial charge in [-0.25, -0.2) is 13.1 Å². The maximum atomic E-state index is 11.6. The number of ether oxygens (including phenoxy) is 2. The largest absolute Gasteiger partial charge is 0.489 e. The van der Waals surface area contributed by atoms with Gasteiger partial charge >= 0.3 is 0 Å². The van der Waals surface area contributed by atoms with E-state index in [4.69, 9.17) is 20.6 Å². The third-order valence-corrected chi connectivity index (χ3v) is 5.87.